The van der Waals surface area contributed by atoms with Gasteiger partial charge in [-0.2, -0.15) is 0 Å². The number of hydrogen-bond donors (Lipinski definition) is 2. The van der Waals surface area contributed by atoms with E-state index in [2.05, 4.69) is 5.32 Å². The van der Waals surface area contributed by atoms with E-state index in [1.807, 2.05) is 0 Å². The Morgan fingerprint density at radius 1 is 1.37 bits per heavy atom. The maximum atomic E-state index is 12.6. The van der Waals surface area contributed by atoms with Gasteiger partial charge in [-0.3, -0.25) is 9.59 Å². The van der Waals surface area contributed by atoms with Gasteiger partial charge in [-0.1, -0.05) is 18.6 Å². The summed E-state index contributed by atoms with van der Waals surface area (Å²) in [7, 11) is 1.63. The van der Waals surface area contributed by atoms with Crippen molar-refractivity contribution < 1.29 is 9.59 Å². The number of nitrogens with zero attached hydrogens (tertiary/aromatic N) is 1. The summed E-state index contributed by atoms with van der Waals surface area (Å²) in [6.45, 7) is 1.19. The quantitative estimate of drug-likeness (QED) is 0.736. The fourth-order valence-corrected chi connectivity index (χ4v) is 3.27. The minimum atomic E-state index is -0.625. The molecular formula is C13H21N3O2S. The van der Waals surface area contributed by atoms with Crippen LogP contribution in [0.4, 0.5) is 0 Å². The first kappa shape index (κ1) is 14.2. The number of amides is 2. The average Bonchev–Trinajstić information content (AvgIpc) is 2.36. The summed E-state index contributed by atoms with van der Waals surface area (Å²) >= 11 is 5.08. The molecule has 6 heteroatoms. The van der Waals surface area contributed by atoms with Gasteiger partial charge in [-0.15, -0.1) is 0 Å². The standard InChI is InChI=1S/C13H21N3O2S/c1-15-10(17)9-4-2-7-16(8-9)12(18)13(11(14)19)5-3-6-13/h9H,2-8H2,1H3,(H2,14,19)(H,15,17). The van der Waals surface area contributed by atoms with Gasteiger partial charge in [0.2, 0.25) is 11.8 Å². The zero-order valence-corrected chi connectivity index (χ0v) is 12.1. The van der Waals surface area contributed by atoms with Crippen LogP contribution in [0.1, 0.15) is 32.1 Å². The molecule has 0 bridgehead atoms. The zero-order valence-electron chi connectivity index (χ0n) is 11.3. The Hall–Kier alpha value is -1.17. The largest absolute Gasteiger partial charge is 0.392 e. The molecule has 106 valence electrons. The van der Waals surface area contributed by atoms with Gasteiger partial charge in [0.1, 0.15) is 0 Å². The van der Waals surface area contributed by atoms with Crippen LogP contribution in [0, 0.1) is 11.3 Å². The Morgan fingerprint density at radius 3 is 2.53 bits per heavy atom. The molecule has 2 fully saturated rings. The zero-order chi connectivity index (χ0) is 14.0. The molecule has 2 amide bonds. The number of piperidine rings is 1. The smallest absolute Gasteiger partial charge is 0.235 e. The molecule has 1 saturated carbocycles. The Kier molecular flexibility index (Phi) is 4.08. The molecule has 2 aliphatic rings. The monoisotopic (exact) mass is 283 g/mol. The van der Waals surface area contributed by atoms with Gasteiger partial charge < -0.3 is 16.0 Å². The van der Waals surface area contributed by atoms with Gasteiger partial charge in [0.25, 0.3) is 0 Å². The Labute approximate surface area is 118 Å². The van der Waals surface area contributed by atoms with E-state index in [4.69, 9.17) is 18.0 Å². The second-order valence-electron chi connectivity index (χ2n) is 5.50. The predicted molar refractivity (Wildman–Crippen MR) is 76.4 cm³/mol. The number of hydrogen-bond acceptors (Lipinski definition) is 3. The minimum Gasteiger partial charge on any atom is -0.392 e. The molecule has 0 radical (unpaired) electrons. The molecule has 0 aromatic heterocycles. The number of carbonyl (C=O) groups is 2. The van der Waals surface area contributed by atoms with Gasteiger partial charge >= 0.3 is 0 Å². The molecule has 2 rings (SSSR count). The molecule has 0 aromatic carbocycles. The maximum absolute atomic E-state index is 12.6. The lowest BCUT2D eigenvalue weighted by Gasteiger charge is -2.44. The van der Waals surface area contributed by atoms with Gasteiger partial charge in [-0.25, -0.2) is 0 Å². The summed E-state index contributed by atoms with van der Waals surface area (Å²) in [5.41, 5.74) is 5.14. The highest BCUT2D eigenvalue weighted by Gasteiger charge is 2.49. The van der Waals surface area contributed by atoms with Crippen molar-refractivity contribution in [1.82, 2.24) is 10.2 Å². The second-order valence-corrected chi connectivity index (χ2v) is 5.94. The third-order valence-electron chi connectivity index (χ3n) is 4.41. The molecule has 1 saturated heterocycles. The summed E-state index contributed by atoms with van der Waals surface area (Å²) in [4.78, 5) is 26.4. The van der Waals surface area contributed by atoms with Crippen LogP contribution in [-0.4, -0.2) is 41.8 Å². The highest BCUT2D eigenvalue weighted by Crippen LogP contribution is 2.43. The van der Waals surface area contributed by atoms with E-state index in [1.54, 1.807) is 11.9 Å². The van der Waals surface area contributed by atoms with Crippen LogP contribution in [0.5, 0.6) is 0 Å². The van der Waals surface area contributed by atoms with Crippen molar-refractivity contribution >= 4 is 29.0 Å². The SMILES string of the molecule is CNC(=O)C1CCCN(C(=O)C2(C(N)=S)CCC2)C1. The molecule has 1 atom stereocenters. The fraction of sp³-hybridized carbons (Fsp3) is 0.769. The van der Waals surface area contributed by atoms with Crippen LogP contribution in [0.3, 0.4) is 0 Å². The van der Waals surface area contributed by atoms with Gasteiger partial charge in [0, 0.05) is 20.1 Å². The normalized spacial score (nSPS) is 25.3. The first-order chi connectivity index (χ1) is 9.01. The van der Waals surface area contributed by atoms with Gasteiger partial charge in [0.15, 0.2) is 0 Å². The second kappa shape index (κ2) is 5.45. The third-order valence-corrected chi connectivity index (χ3v) is 4.80. The first-order valence-electron chi connectivity index (χ1n) is 6.82. The molecule has 0 spiro atoms. The lowest BCUT2D eigenvalue weighted by Crippen LogP contribution is -2.57. The molecule has 1 aliphatic heterocycles. The molecule has 0 aromatic rings. The number of carbonyl (C=O) groups excluding carboxylic acids is 2. The van der Waals surface area contributed by atoms with Crippen molar-refractivity contribution in [2.75, 3.05) is 20.1 Å². The van der Waals surface area contributed by atoms with Crippen molar-refractivity contribution in [2.24, 2.45) is 17.1 Å². The summed E-state index contributed by atoms with van der Waals surface area (Å²) in [6, 6.07) is 0. The molecular weight excluding hydrogens is 262 g/mol. The van der Waals surface area contributed by atoms with Crippen LogP contribution >= 0.6 is 12.2 Å². The average molecular weight is 283 g/mol. The number of thiocarbonyl (C=S) groups is 1. The molecule has 1 aliphatic carbocycles. The lowest BCUT2D eigenvalue weighted by atomic mass is 9.67. The van der Waals surface area contributed by atoms with E-state index in [0.717, 1.165) is 32.1 Å². The topological polar surface area (TPSA) is 75.4 Å². The Bertz CT molecular complexity index is 407. The number of nitrogens with two attached hydrogens (primary N) is 1. The molecule has 1 unspecified atom stereocenters. The predicted octanol–water partition coefficient (Wildman–Crippen LogP) is 0.427. The molecule has 1 heterocycles. The van der Waals surface area contributed by atoms with E-state index < -0.39 is 5.41 Å². The molecule has 19 heavy (non-hydrogen) atoms. The van der Waals surface area contributed by atoms with Gasteiger partial charge in [0.05, 0.1) is 16.3 Å². The van der Waals surface area contributed by atoms with Crippen molar-refractivity contribution in [3.8, 4) is 0 Å². The van der Waals surface area contributed by atoms with E-state index in [-0.39, 0.29) is 17.7 Å². The maximum Gasteiger partial charge on any atom is 0.235 e. The van der Waals surface area contributed by atoms with E-state index in [9.17, 15) is 9.59 Å². The summed E-state index contributed by atoms with van der Waals surface area (Å²) in [5, 5.41) is 2.66. The Morgan fingerprint density at radius 2 is 2.05 bits per heavy atom. The van der Waals surface area contributed by atoms with Gasteiger partial charge in [-0.05, 0) is 25.7 Å². The summed E-state index contributed by atoms with van der Waals surface area (Å²) in [6.07, 6.45) is 4.20. The van der Waals surface area contributed by atoms with Crippen LogP contribution in [0.25, 0.3) is 0 Å². The van der Waals surface area contributed by atoms with Crippen molar-refractivity contribution in [2.45, 2.75) is 32.1 Å². The van der Waals surface area contributed by atoms with Crippen molar-refractivity contribution in [3.63, 3.8) is 0 Å². The van der Waals surface area contributed by atoms with E-state index in [1.165, 1.54) is 0 Å². The van der Waals surface area contributed by atoms with Crippen LogP contribution in [0.15, 0.2) is 0 Å². The third kappa shape index (κ3) is 2.45. The van der Waals surface area contributed by atoms with Crippen LogP contribution in [-0.2, 0) is 9.59 Å². The molecule has 5 nitrogen and oxygen atoms in total. The molecule has 3 N–H and O–H groups in total. The summed E-state index contributed by atoms with van der Waals surface area (Å²) in [5.74, 6) is -0.0680. The first-order valence-corrected chi connectivity index (χ1v) is 7.23. The highest BCUT2D eigenvalue weighted by atomic mass is 32.1. The van der Waals surface area contributed by atoms with Crippen molar-refractivity contribution in [1.29, 1.82) is 0 Å². The van der Waals surface area contributed by atoms with Crippen LogP contribution in [0.2, 0.25) is 0 Å². The lowest BCUT2D eigenvalue weighted by molar-refractivity contribution is -0.145. The van der Waals surface area contributed by atoms with Crippen LogP contribution < -0.4 is 11.1 Å². The fourth-order valence-electron chi connectivity index (χ4n) is 2.98. The Balaban J connectivity index is 2.07. The number of rotatable bonds is 3. The van der Waals surface area contributed by atoms with E-state index >= 15 is 0 Å². The summed E-state index contributed by atoms with van der Waals surface area (Å²) < 4.78 is 0. The van der Waals surface area contributed by atoms with Crippen molar-refractivity contribution in [3.05, 3.63) is 0 Å². The highest BCUT2D eigenvalue weighted by molar-refractivity contribution is 7.80. The number of nitrogens with one attached hydrogen (secondary N) is 1. The minimum absolute atomic E-state index is 0.00971. The van der Waals surface area contributed by atoms with E-state index in [0.29, 0.717) is 18.1 Å². The number of likely N-dealkylation sites (tertiary alicyclic amines) is 1.